The fraction of sp³-hybridized carbons (Fsp3) is 0.273. The summed E-state index contributed by atoms with van der Waals surface area (Å²) in [6, 6.07) is 4.11. The van der Waals surface area contributed by atoms with E-state index < -0.39 is 5.79 Å². The SMILES string of the molecule is [Li+].[c-]1cc2c(s1)-c1sccc1C21OCCO1. The second-order valence-corrected chi connectivity index (χ2v) is 5.35. The molecule has 1 spiro atoms. The molecular weight excluding hydrogens is 235 g/mol. The van der Waals surface area contributed by atoms with Gasteiger partial charge in [0.1, 0.15) is 0 Å². The Kier molecular flexibility index (Phi) is 2.56. The summed E-state index contributed by atoms with van der Waals surface area (Å²) < 4.78 is 11.7. The van der Waals surface area contributed by atoms with E-state index in [2.05, 4.69) is 16.8 Å². The molecular formula is C11H7LiO2S2. The van der Waals surface area contributed by atoms with Crippen LogP contribution in [0, 0.1) is 5.38 Å². The maximum Gasteiger partial charge on any atom is 1.00 e. The molecule has 5 heteroatoms. The minimum atomic E-state index is -0.596. The molecule has 76 valence electrons. The van der Waals surface area contributed by atoms with Crippen molar-refractivity contribution in [3.05, 3.63) is 34.0 Å². The van der Waals surface area contributed by atoms with Crippen molar-refractivity contribution >= 4 is 22.7 Å². The van der Waals surface area contributed by atoms with Crippen LogP contribution in [0.4, 0.5) is 0 Å². The van der Waals surface area contributed by atoms with Gasteiger partial charge in [-0.2, -0.15) is 17.4 Å². The van der Waals surface area contributed by atoms with E-state index in [-0.39, 0.29) is 18.9 Å². The number of hydrogen-bond acceptors (Lipinski definition) is 4. The molecule has 0 unspecified atom stereocenters. The fourth-order valence-electron chi connectivity index (χ4n) is 2.29. The Labute approximate surface area is 113 Å². The third kappa shape index (κ3) is 1.15. The summed E-state index contributed by atoms with van der Waals surface area (Å²) in [5.41, 5.74) is 2.33. The monoisotopic (exact) mass is 242 g/mol. The fourth-order valence-corrected chi connectivity index (χ4v) is 4.25. The first-order valence-corrected chi connectivity index (χ1v) is 6.48. The average molecular weight is 242 g/mol. The maximum absolute atomic E-state index is 5.84. The van der Waals surface area contributed by atoms with E-state index in [1.165, 1.54) is 15.3 Å². The molecule has 0 aromatic carbocycles. The van der Waals surface area contributed by atoms with Gasteiger partial charge in [0.25, 0.3) is 0 Å². The van der Waals surface area contributed by atoms with Gasteiger partial charge >= 0.3 is 18.9 Å². The quantitative estimate of drug-likeness (QED) is 0.472. The molecule has 2 nitrogen and oxygen atoms in total. The van der Waals surface area contributed by atoms with Gasteiger partial charge in [0.2, 0.25) is 0 Å². The first-order chi connectivity index (χ1) is 7.42. The molecule has 2 aromatic rings. The van der Waals surface area contributed by atoms with E-state index >= 15 is 0 Å². The molecule has 0 radical (unpaired) electrons. The van der Waals surface area contributed by atoms with Gasteiger partial charge in [-0.05, 0) is 16.3 Å². The van der Waals surface area contributed by atoms with Crippen LogP contribution in [0.3, 0.4) is 0 Å². The predicted octanol–water partition coefficient (Wildman–Crippen LogP) is -0.158. The van der Waals surface area contributed by atoms with E-state index in [9.17, 15) is 0 Å². The van der Waals surface area contributed by atoms with Crippen LogP contribution in [0.25, 0.3) is 9.75 Å². The molecule has 3 heterocycles. The zero-order chi connectivity index (χ0) is 9.88. The Morgan fingerprint density at radius 3 is 2.81 bits per heavy atom. The van der Waals surface area contributed by atoms with E-state index in [1.807, 2.05) is 6.07 Å². The van der Waals surface area contributed by atoms with Crippen LogP contribution < -0.4 is 18.9 Å². The van der Waals surface area contributed by atoms with Crippen molar-refractivity contribution in [1.29, 1.82) is 0 Å². The molecule has 0 bridgehead atoms. The van der Waals surface area contributed by atoms with Gasteiger partial charge in [-0.25, -0.2) is 0 Å². The molecule has 4 rings (SSSR count). The summed E-state index contributed by atoms with van der Waals surface area (Å²) in [6.07, 6.45) is 0. The number of ether oxygens (including phenoxy) is 2. The van der Waals surface area contributed by atoms with Crippen LogP contribution in [-0.4, -0.2) is 13.2 Å². The Morgan fingerprint density at radius 1 is 1.19 bits per heavy atom. The van der Waals surface area contributed by atoms with Gasteiger partial charge in [-0.3, -0.25) is 11.3 Å². The molecule has 0 saturated carbocycles. The molecule has 0 amide bonds. The number of rotatable bonds is 0. The molecule has 1 aliphatic heterocycles. The van der Waals surface area contributed by atoms with Crippen LogP contribution in [0.15, 0.2) is 17.5 Å². The van der Waals surface area contributed by atoms with Crippen molar-refractivity contribution in [2.24, 2.45) is 0 Å². The summed E-state index contributed by atoms with van der Waals surface area (Å²) in [4.78, 5) is 2.56. The molecule has 0 N–H and O–H groups in total. The van der Waals surface area contributed by atoms with Gasteiger partial charge in [-0.1, -0.05) is 0 Å². The van der Waals surface area contributed by atoms with Gasteiger partial charge in [0, 0.05) is 5.56 Å². The zero-order valence-electron chi connectivity index (χ0n) is 8.78. The van der Waals surface area contributed by atoms with E-state index in [0.717, 1.165) is 5.56 Å². The standard InChI is InChI=1S/C11H7O2S2.Li/c1-5-14-9-7(1)11(12-3-4-13-11)8-2-6-15-10(8)9;/h1-2,5H,3-4H2;/q-1;+1. The summed E-state index contributed by atoms with van der Waals surface area (Å²) >= 11 is 3.40. The molecule has 0 atom stereocenters. The first kappa shape index (κ1) is 11.0. The van der Waals surface area contributed by atoms with Crippen LogP contribution in [0.1, 0.15) is 11.1 Å². The molecule has 1 aliphatic carbocycles. The number of hydrogen-bond donors (Lipinski definition) is 0. The summed E-state index contributed by atoms with van der Waals surface area (Å²) in [5, 5.41) is 5.27. The zero-order valence-corrected chi connectivity index (χ0v) is 10.4. The molecule has 1 fully saturated rings. The Hall–Kier alpha value is -0.0826. The third-order valence-electron chi connectivity index (χ3n) is 2.88. The van der Waals surface area contributed by atoms with Crippen molar-refractivity contribution in [2.75, 3.05) is 13.2 Å². The van der Waals surface area contributed by atoms with Gasteiger partial charge in [0.05, 0.1) is 13.2 Å². The van der Waals surface area contributed by atoms with Gasteiger partial charge in [0.15, 0.2) is 5.79 Å². The summed E-state index contributed by atoms with van der Waals surface area (Å²) in [5.74, 6) is -0.596. The van der Waals surface area contributed by atoms with Crippen molar-refractivity contribution in [3.63, 3.8) is 0 Å². The summed E-state index contributed by atoms with van der Waals surface area (Å²) in [7, 11) is 0. The van der Waals surface area contributed by atoms with Crippen molar-refractivity contribution in [3.8, 4) is 9.75 Å². The van der Waals surface area contributed by atoms with E-state index in [1.54, 1.807) is 22.7 Å². The predicted molar refractivity (Wildman–Crippen MR) is 59.2 cm³/mol. The Balaban J connectivity index is 0.000000810. The summed E-state index contributed by atoms with van der Waals surface area (Å²) in [6.45, 7) is 1.34. The largest absolute Gasteiger partial charge is 1.00 e. The normalized spacial score (nSPS) is 19.5. The van der Waals surface area contributed by atoms with E-state index in [0.29, 0.717) is 13.2 Å². The second-order valence-electron chi connectivity index (χ2n) is 3.58. The Morgan fingerprint density at radius 2 is 2.00 bits per heavy atom. The van der Waals surface area contributed by atoms with Gasteiger partial charge < -0.3 is 9.47 Å². The smallest absolute Gasteiger partial charge is 0.351 e. The first-order valence-electron chi connectivity index (χ1n) is 4.78. The minimum absolute atomic E-state index is 0. The van der Waals surface area contributed by atoms with Gasteiger partial charge in [-0.15, -0.1) is 15.8 Å². The minimum Gasteiger partial charge on any atom is -0.351 e. The molecule has 2 aliphatic rings. The van der Waals surface area contributed by atoms with Crippen molar-refractivity contribution < 1.29 is 28.3 Å². The van der Waals surface area contributed by atoms with Crippen LogP contribution in [0.2, 0.25) is 0 Å². The Bertz CT molecular complexity index is 483. The van der Waals surface area contributed by atoms with Crippen LogP contribution >= 0.6 is 22.7 Å². The second kappa shape index (κ2) is 3.71. The van der Waals surface area contributed by atoms with E-state index in [4.69, 9.17) is 9.47 Å². The molecule has 1 saturated heterocycles. The van der Waals surface area contributed by atoms with Crippen molar-refractivity contribution in [2.45, 2.75) is 5.79 Å². The number of fused-ring (bicyclic) bond motifs is 5. The maximum atomic E-state index is 5.84. The van der Waals surface area contributed by atoms with Crippen LogP contribution in [-0.2, 0) is 15.3 Å². The molecule has 2 aromatic heterocycles. The third-order valence-corrected chi connectivity index (χ3v) is 4.81. The van der Waals surface area contributed by atoms with Crippen LogP contribution in [0.5, 0.6) is 0 Å². The average Bonchev–Trinajstić information content (AvgIpc) is 3.00. The van der Waals surface area contributed by atoms with Crippen molar-refractivity contribution in [1.82, 2.24) is 0 Å². The molecule has 16 heavy (non-hydrogen) atoms. The topological polar surface area (TPSA) is 18.5 Å². The number of thiophene rings is 2.